The lowest BCUT2D eigenvalue weighted by Gasteiger charge is -2.06. The minimum absolute atomic E-state index is 1.17. The van der Waals surface area contributed by atoms with Gasteiger partial charge >= 0.3 is 0 Å². The number of hydrogen-bond acceptors (Lipinski definition) is 2. The topological polar surface area (TPSA) is 24.1 Å². The molecule has 0 spiro atoms. The Bertz CT molecular complexity index is 163. The maximum absolute atomic E-state index is 3.56. The first kappa shape index (κ1) is 21.9. The van der Waals surface area contributed by atoms with E-state index < -0.39 is 0 Å². The van der Waals surface area contributed by atoms with Crippen molar-refractivity contribution >= 4 is 0 Å². The minimum atomic E-state index is 1.17. The molecule has 2 nitrogen and oxygen atoms in total. The van der Waals surface area contributed by atoms with E-state index in [1.165, 1.54) is 116 Å². The van der Waals surface area contributed by atoms with Crippen LogP contribution in [0.3, 0.4) is 0 Å². The van der Waals surface area contributed by atoms with Crippen molar-refractivity contribution in [3.8, 4) is 0 Å². The summed E-state index contributed by atoms with van der Waals surface area (Å²) in [4.78, 5) is 0. The van der Waals surface area contributed by atoms with Gasteiger partial charge < -0.3 is 10.6 Å². The van der Waals surface area contributed by atoms with Crippen molar-refractivity contribution < 1.29 is 0 Å². The van der Waals surface area contributed by atoms with Crippen molar-refractivity contribution in [3.63, 3.8) is 0 Å². The van der Waals surface area contributed by atoms with Gasteiger partial charge in [-0.25, -0.2) is 0 Å². The van der Waals surface area contributed by atoms with Crippen LogP contribution < -0.4 is 10.6 Å². The summed E-state index contributed by atoms with van der Waals surface area (Å²) in [5, 5.41) is 7.00. The highest BCUT2D eigenvalue weighted by atomic mass is 14.9. The number of hydrogen-bond donors (Lipinski definition) is 2. The van der Waals surface area contributed by atoms with Gasteiger partial charge in [0.05, 0.1) is 0 Å². The first-order chi connectivity index (χ1) is 10.9. The molecule has 0 heterocycles. The molecule has 0 radical (unpaired) electrons. The van der Waals surface area contributed by atoms with E-state index in [9.17, 15) is 0 Å². The Morgan fingerprint density at radius 3 is 1.27 bits per heavy atom. The molecule has 0 amide bonds. The van der Waals surface area contributed by atoms with Crippen molar-refractivity contribution in [1.82, 2.24) is 10.6 Å². The molecule has 0 rings (SSSR count). The summed E-state index contributed by atoms with van der Waals surface area (Å²) in [7, 11) is 0. The average Bonchev–Trinajstić information content (AvgIpc) is 2.54. The molecule has 0 unspecified atom stereocenters. The van der Waals surface area contributed by atoms with Crippen LogP contribution >= 0.6 is 0 Å². The predicted molar refractivity (Wildman–Crippen MR) is 102 cm³/mol. The molecule has 2 heteroatoms. The van der Waals surface area contributed by atoms with E-state index in [0.717, 1.165) is 0 Å². The van der Waals surface area contributed by atoms with E-state index in [1.807, 2.05) is 0 Å². The molecule has 0 saturated carbocycles. The second kappa shape index (κ2) is 20.9. The molecule has 0 atom stereocenters. The highest BCUT2D eigenvalue weighted by Crippen LogP contribution is 2.11. The summed E-state index contributed by atoms with van der Waals surface area (Å²) in [6, 6.07) is 0. The maximum Gasteiger partial charge on any atom is -0.00368 e. The number of nitrogens with one attached hydrogen (secondary N) is 2. The Labute approximate surface area is 141 Å². The van der Waals surface area contributed by atoms with Gasteiger partial charge in [-0.2, -0.15) is 0 Å². The second-order valence-corrected chi connectivity index (χ2v) is 6.74. The standard InChI is InChI=1S/C20H44N2/c1-3-5-6-7-8-9-10-11-12-13-14-15-18-22-20-16-19-21-17-4-2/h21-22H,3-20H2,1-2H3. The molecule has 0 bridgehead atoms. The zero-order chi connectivity index (χ0) is 16.1. The quantitative estimate of drug-likeness (QED) is 0.300. The van der Waals surface area contributed by atoms with Crippen LogP contribution in [0, 0.1) is 0 Å². The van der Waals surface area contributed by atoms with Crippen molar-refractivity contribution in [3.05, 3.63) is 0 Å². The molecule has 0 aromatic heterocycles. The highest BCUT2D eigenvalue weighted by Gasteiger charge is 1.94. The first-order valence-corrected chi connectivity index (χ1v) is 10.3. The molecule has 0 aromatic rings. The van der Waals surface area contributed by atoms with Crippen molar-refractivity contribution in [2.75, 3.05) is 26.2 Å². The van der Waals surface area contributed by atoms with Crippen LogP contribution in [-0.4, -0.2) is 26.2 Å². The van der Waals surface area contributed by atoms with Crippen LogP contribution in [-0.2, 0) is 0 Å². The fourth-order valence-electron chi connectivity index (χ4n) is 2.86. The van der Waals surface area contributed by atoms with E-state index in [1.54, 1.807) is 0 Å². The third-order valence-corrected chi connectivity index (χ3v) is 4.34. The molecule has 0 aromatic carbocycles. The van der Waals surface area contributed by atoms with Crippen LogP contribution in [0.15, 0.2) is 0 Å². The maximum atomic E-state index is 3.56. The molecule has 134 valence electrons. The number of rotatable bonds is 19. The molecular formula is C20H44N2. The molecule has 22 heavy (non-hydrogen) atoms. The summed E-state index contributed by atoms with van der Waals surface area (Å²) in [5.74, 6) is 0. The van der Waals surface area contributed by atoms with Gasteiger partial charge in [-0.3, -0.25) is 0 Å². The fourth-order valence-corrected chi connectivity index (χ4v) is 2.86. The predicted octanol–water partition coefficient (Wildman–Crippen LogP) is 5.67. The summed E-state index contributed by atoms with van der Waals surface area (Å²) < 4.78 is 0. The monoisotopic (exact) mass is 312 g/mol. The van der Waals surface area contributed by atoms with E-state index >= 15 is 0 Å². The van der Waals surface area contributed by atoms with E-state index in [4.69, 9.17) is 0 Å². The molecular weight excluding hydrogens is 268 g/mol. The lowest BCUT2D eigenvalue weighted by Crippen LogP contribution is -2.23. The zero-order valence-electron chi connectivity index (χ0n) is 15.7. The van der Waals surface area contributed by atoms with Gasteiger partial charge in [0, 0.05) is 0 Å². The van der Waals surface area contributed by atoms with Crippen LogP contribution in [0.1, 0.15) is 104 Å². The summed E-state index contributed by atoms with van der Waals surface area (Å²) in [6.07, 6.45) is 19.8. The Morgan fingerprint density at radius 2 is 0.773 bits per heavy atom. The third kappa shape index (κ3) is 19.9. The molecule has 0 saturated heterocycles. The van der Waals surface area contributed by atoms with Crippen LogP contribution in [0.5, 0.6) is 0 Å². The SMILES string of the molecule is CCCCCCCCCCCCCCNCCCNCCC. The van der Waals surface area contributed by atoms with Gasteiger partial charge in [-0.05, 0) is 45.4 Å². The van der Waals surface area contributed by atoms with E-state index in [2.05, 4.69) is 24.5 Å². The highest BCUT2D eigenvalue weighted by molar-refractivity contribution is 4.53. The Balaban J connectivity index is 2.91. The van der Waals surface area contributed by atoms with Crippen LogP contribution in [0.25, 0.3) is 0 Å². The van der Waals surface area contributed by atoms with Crippen molar-refractivity contribution in [2.24, 2.45) is 0 Å². The summed E-state index contributed by atoms with van der Waals surface area (Å²) in [6.45, 7) is 9.23. The van der Waals surface area contributed by atoms with Gasteiger partial charge in [-0.1, -0.05) is 84.5 Å². The molecule has 0 aliphatic carbocycles. The lowest BCUT2D eigenvalue weighted by atomic mass is 10.1. The molecule has 0 aliphatic heterocycles. The largest absolute Gasteiger partial charge is 0.317 e. The van der Waals surface area contributed by atoms with Gasteiger partial charge in [0.25, 0.3) is 0 Å². The Morgan fingerprint density at radius 1 is 0.364 bits per heavy atom. The second-order valence-electron chi connectivity index (χ2n) is 6.74. The van der Waals surface area contributed by atoms with Crippen molar-refractivity contribution in [2.45, 2.75) is 104 Å². The lowest BCUT2D eigenvalue weighted by molar-refractivity contribution is 0.530. The molecule has 0 fully saturated rings. The summed E-state index contributed by atoms with van der Waals surface area (Å²) >= 11 is 0. The molecule has 0 aliphatic rings. The van der Waals surface area contributed by atoms with Crippen molar-refractivity contribution in [1.29, 1.82) is 0 Å². The van der Waals surface area contributed by atoms with Gasteiger partial charge in [0.15, 0.2) is 0 Å². The van der Waals surface area contributed by atoms with E-state index in [0.29, 0.717) is 0 Å². The van der Waals surface area contributed by atoms with E-state index in [-0.39, 0.29) is 0 Å². The van der Waals surface area contributed by atoms with Gasteiger partial charge in [0.1, 0.15) is 0 Å². The minimum Gasteiger partial charge on any atom is -0.317 e. The average molecular weight is 313 g/mol. The number of unbranched alkanes of at least 4 members (excludes halogenated alkanes) is 11. The van der Waals surface area contributed by atoms with Crippen LogP contribution in [0.4, 0.5) is 0 Å². The van der Waals surface area contributed by atoms with Gasteiger partial charge in [-0.15, -0.1) is 0 Å². The fraction of sp³-hybridized carbons (Fsp3) is 1.00. The summed E-state index contributed by atoms with van der Waals surface area (Å²) in [5.41, 5.74) is 0. The Hall–Kier alpha value is -0.0800. The normalized spacial score (nSPS) is 11.2. The van der Waals surface area contributed by atoms with Crippen LogP contribution in [0.2, 0.25) is 0 Å². The zero-order valence-corrected chi connectivity index (χ0v) is 15.7. The third-order valence-electron chi connectivity index (χ3n) is 4.34. The molecule has 2 N–H and O–H groups in total. The first-order valence-electron chi connectivity index (χ1n) is 10.3. The van der Waals surface area contributed by atoms with Gasteiger partial charge in [0.2, 0.25) is 0 Å². The Kier molecular flexibility index (Phi) is 20.8. The smallest absolute Gasteiger partial charge is 0.00368 e.